The summed E-state index contributed by atoms with van der Waals surface area (Å²) in [5, 5.41) is 8.01. The third kappa shape index (κ3) is 3.23. The molecule has 0 bridgehead atoms. The zero-order chi connectivity index (χ0) is 15.5. The molecule has 0 saturated heterocycles. The van der Waals surface area contributed by atoms with Gasteiger partial charge in [0.15, 0.2) is 0 Å². The SMILES string of the molecule is Cc1cc(C)n(Cc2ccc(C(=O)Nc3cncs3)cc2)n1. The molecule has 2 aromatic heterocycles. The van der Waals surface area contributed by atoms with Crippen LogP contribution >= 0.6 is 11.3 Å². The van der Waals surface area contributed by atoms with Gasteiger partial charge in [-0.1, -0.05) is 12.1 Å². The minimum atomic E-state index is -0.123. The molecule has 1 amide bonds. The van der Waals surface area contributed by atoms with Crippen LogP contribution in [0.5, 0.6) is 0 Å². The number of amides is 1. The van der Waals surface area contributed by atoms with Crippen LogP contribution in [-0.4, -0.2) is 20.7 Å². The first-order chi connectivity index (χ1) is 10.6. The highest BCUT2D eigenvalue weighted by Crippen LogP contribution is 2.15. The van der Waals surface area contributed by atoms with Gasteiger partial charge in [-0.2, -0.15) is 5.10 Å². The van der Waals surface area contributed by atoms with Crippen molar-refractivity contribution in [3.05, 3.63) is 64.6 Å². The molecule has 5 nitrogen and oxygen atoms in total. The number of thiazole rings is 1. The minimum Gasteiger partial charge on any atom is -0.312 e. The summed E-state index contributed by atoms with van der Waals surface area (Å²) in [4.78, 5) is 16.0. The van der Waals surface area contributed by atoms with Gasteiger partial charge in [0.1, 0.15) is 5.00 Å². The van der Waals surface area contributed by atoms with E-state index in [1.165, 1.54) is 11.3 Å². The highest BCUT2D eigenvalue weighted by atomic mass is 32.1. The summed E-state index contributed by atoms with van der Waals surface area (Å²) < 4.78 is 1.96. The number of hydrogen-bond donors (Lipinski definition) is 1. The number of carbonyl (C=O) groups excluding carboxylic acids is 1. The number of aromatic nitrogens is 3. The van der Waals surface area contributed by atoms with Crippen molar-refractivity contribution in [2.24, 2.45) is 0 Å². The van der Waals surface area contributed by atoms with E-state index in [1.807, 2.05) is 42.8 Å². The Morgan fingerprint density at radius 1 is 1.27 bits per heavy atom. The van der Waals surface area contributed by atoms with Crippen LogP contribution in [0.15, 0.2) is 42.0 Å². The molecule has 0 spiro atoms. The first-order valence-corrected chi connectivity index (χ1v) is 7.79. The fraction of sp³-hybridized carbons (Fsp3) is 0.188. The Morgan fingerprint density at radius 2 is 2.05 bits per heavy atom. The average molecular weight is 312 g/mol. The fourth-order valence-corrected chi connectivity index (χ4v) is 2.74. The van der Waals surface area contributed by atoms with E-state index in [2.05, 4.69) is 21.5 Å². The third-order valence-electron chi connectivity index (χ3n) is 3.32. The number of anilines is 1. The van der Waals surface area contributed by atoms with E-state index in [0.29, 0.717) is 12.1 Å². The van der Waals surface area contributed by atoms with Gasteiger partial charge in [-0.3, -0.25) is 14.5 Å². The van der Waals surface area contributed by atoms with Gasteiger partial charge in [-0.25, -0.2) is 0 Å². The molecule has 0 fully saturated rings. The lowest BCUT2D eigenvalue weighted by Crippen LogP contribution is -2.11. The first-order valence-electron chi connectivity index (χ1n) is 6.91. The van der Waals surface area contributed by atoms with Gasteiger partial charge in [0.2, 0.25) is 0 Å². The van der Waals surface area contributed by atoms with Gasteiger partial charge in [0, 0.05) is 11.3 Å². The molecule has 1 N–H and O–H groups in total. The summed E-state index contributed by atoms with van der Waals surface area (Å²) in [5.41, 5.74) is 5.57. The van der Waals surface area contributed by atoms with Crippen LogP contribution < -0.4 is 5.32 Å². The number of nitrogens with one attached hydrogen (secondary N) is 1. The fourth-order valence-electron chi connectivity index (χ4n) is 2.23. The van der Waals surface area contributed by atoms with Crippen LogP contribution in [0.3, 0.4) is 0 Å². The first kappa shape index (κ1) is 14.5. The van der Waals surface area contributed by atoms with Crippen LogP contribution in [-0.2, 0) is 6.54 Å². The molecular weight excluding hydrogens is 296 g/mol. The molecule has 0 aliphatic carbocycles. The number of hydrogen-bond acceptors (Lipinski definition) is 4. The maximum atomic E-state index is 12.1. The molecule has 112 valence electrons. The summed E-state index contributed by atoms with van der Waals surface area (Å²) in [6, 6.07) is 9.63. The quantitative estimate of drug-likeness (QED) is 0.804. The zero-order valence-corrected chi connectivity index (χ0v) is 13.2. The van der Waals surface area contributed by atoms with Gasteiger partial charge in [0.05, 0.1) is 23.9 Å². The lowest BCUT2D eigenvalue weighted by molar-refractivity contribution is 0.102. The number of benzene rings is 1. The van der Waals surface area contributed by atoms with E-state index in [4.69, 9.17) is 0 Å². The number of aryl methyl sites for hydroxylation is 2. The largest absolute Gasteiger partial charge is 0.312 e. The summed E-state index contributed by atoms with van der Waals surface area (Å²) >= 11 is 1.40. The van der Waals surface area contributed by atoms with E-state index in [9.17, 15) is 4.79 Å². The second-order valence-electron chi connectivity index (χ2n) is 5.10. The smallest absolute Gasteiger partial charge is 0.256 e. The molecule has 6 heteroatoms. The topological polar surface area (TPSA) is 59.8 Å². The molecule has 0 radical (unpaired) electrons. The summed E-state index contributed by atoms with van der Waals surface area (Å²) in [6.45, 7) is 4.73. The van der Waals surface area contributed by atoms with Crippen molar-refractivity contribution < 1.29 is 4.79 Å². The molecule has 2 heterocycles. The van der Waals surface area contributed by atoms with Crippen molar-refractivity contribution in [1.29, 1.82) is 0 Å². The second-order valence-corrected chi connectivity index (χ2v) is 5.99. The Balaban J connectivity index is 1.70. The van der Waals surface area contributed by atoms with Gasteiger partial charge in [-0.15, -0.1) is 11.3 Å². The predicted octanol–water partition coefficient (Wildman–Crippen LogP) is 3.26. The monoisotopic (exact) mass is 312 g/mol. The Kier molecular flexibility index (Phi) is 4.02. The molecule has 0 unspecified atom stereocenters. The lowest BCUT2D eigenvalue weighted by Gasteiger charge is -2.06. The van der Waals surface area contributed by atoms with Crippen molar-refractivity contribution >= 4 is 22.2 Å². The molecule has 3 rings (SSSR count). The number of carbonyl (C=O) groups is 1. The highest BCUT2D eigenvalue weighted by molar-refractivity contribution is 7.14. The molecule has 1 aromatic carbocycles. The Morgan fingerprint density at radius 3 is 2.64 bits per heavy atom. The van der Waals surface area contributed by atoms with E-state index in [1.54, 1.807) is 11.7 Å². The zero-order valence-electron chi connectivity index (χ0n) is 12.4. The van der Waals surface area contributed by atoms with Crippen LogP contribution in [0.4, 0.5) is 5.00 Å². The van der Waals surface area contributed by atoms with Crippen molar-refractivity contribution in [3.63, 3.8) is 0 Å². The standard InChI is InChI=1S/C16H16N4OS/c1-11-7-12(2)20(19-11)9-13-3-5-14(6-4-13)16(21)18-15-8-17-10-22-15/h3-8,10H,9H2,1-2H3,(H,18,21). The van der Waals surface area contributed by atoms with Crippen LogP contribution in [0.1, 0.15) is 27.3 Å². The van der Waals surface area contributed by atoms with Gasteiger partial charge >= 0.3 is 0 Å². The van der Waals surface area contributed by atoms with Crippen LogP contribution in [0.2, 0.25) is 0 Å². The van der Waals surface area contributed by atoms with E-state index >= 15 is 0 Å². The highest BCUT2D eigenvalue weighted by Gasteiger charge is 2.08. The second kappa shape index (κ2) is 6.11. The molecule has 0 aliphatic rings. The molecular formula is C16H16N4OS. The van der Waals surface area contributed by atoms with Gasteiger partial charge in [0.25, 0.3) is 5.91 Å². The van der Waals surface area contributed by atoms with E-state index < -0.39 is 0 Å². The summed E-state index contributed by atoms with van der Waals surface area (Å²) in [7, 11) is 0. The Labute approximate surface area is 132 Å². The molecule has 22 heavy (non-hydrogen) atoms. The maximum Gasteiger partial charge on any atom is 0.256 e. The van der Waals surface area contributed by atoms with Crippen molar-refractivity contribution in [2.75, 3.05) is 5.32 Å². The van der Waals surface area contributed by atoms with Crippen molar-refractivity contribution in [3.8, 4) is 0 Å². The molecule has 3 aromatic rings. The Hall–Kier alpha value is -2.47. The molecule has 0 saturated carbocycles. The van der Waals surface area contributed by atoms with Gasteiger partial charge in [-0.05, 0) is 37.6 Å². The lowest BCUT2D eigenvalue weighted by atomic mass is 10.1. The summed E-state index contributed by atoms with van der Waals surface area (Å²) in [6.07, 6.45) is 1.64. The minimum absolute atomic E-state index is 0.123. The van der Waals surface area contributed by atoms with E-state index in [-0.39, 0.29) is 5.91 Å². The summed E-state index contributed by atoms with van der Waals surface area (Å²) in [5.74, 6) is -0.123. The Bertz CT molecular complexity index is 775. The molecule has 0 aliphatic heterocycles. The maximum absolute atomic E-state index is 12.1. The van der Waals surface area contributed by atoms with Crippen molar-refractivity contribution in [1.82, 2.24) is 14.8 Å². The average Bonchev–Trinajstić information content (AvgIpc) is 3.10. The van der Waals surface area contributed by atoms with E-state index in [0.717, 1.165) is 22.0 Å². The molecule has 0 atom stereocenters. The third-order valence-corrected chi connectivity index (χ3v) is 4.01. The predicted molar refractivity (Wildman–Crippen MR) is 87.3 cm³/mol. The van der Waals surface area contributed by atoms with Crippen LogP contribution in [0, 0.1) is 13.8 Å². The number of rotatable bonds is 4. The van der Waals surface area contributed by atoms with Gasteiger partial charge < -0.3 is 5.32 Å². The normalized spacial score (nSPS) is 10.6. The van der Waals surface area contributed by atoms with Crippen LogP contribution in [0.25, 0.3) is 0 Å². The number of nitrogens with zero attached hydrogens (tertiary/aromatic N) is 3. The van der Waals surface area contributed by atoms with Crippen molar-refractivity contribution in [2.45, 2.75) is 20.4 Å².